The van der Waals surface area contributed by atoms with Crippen LogP contribution in [0.2, 0.25) is 0 Å². The predicted molar refractivity (Wildman–Crippen MR) is 70.2 cm³/mol. The molecular weight excluding hydrogens is 230 g/mol. The van der Waals surface area contributed by atoms with E-state index in [1.165, 1.54) is 7.11 Å². The highest BCUT2D eigenvalue weighted by Gasteiger charge is 2.22. The van der Waals surface area contributed by atoms with Crippen molar-refractivity contribution < 1.29 is 14.6 Å². The molecule has 18 heavy (non-hydrogen) atoms. The third-order valence-electron chi connectivity index (χ3n) is 3.29. The number of methoxy groups -OCH3 is 1. The molecule has 4 heteroatoms. The number of rotatable bonds is 5. The molecule has 4 nitrogen and oxygen atoms in total. The van der Waals surface area contributed by atoms with E-state index in [9.17, 15) is 9.90 Å². The zero-order chi connectivity index (χ0) is 13.7. The van der Waals surface area contributed by atoms with Gasteiger partial charge in [0, 0.05) is 0 Å². The van der Waals surface area contributed by atoms with Gasteiger partial charge in [-0.05, 0) is 23.6 Å². The van der Waals surface area contributed by atoms with E-state index in [0.29, 0.717) is 5.56 Å². The van der Waals surface area contributed by atoms with E-state index in [4.69, 9.17) is 5.73 Å². The van der Waals surface area contributed by atoms with Crippen molar-refractivity contribution >= 4 is 5.97 Å². The first kappa shape index (κ1) is 14.7. The van der Waals surface area contributed by atoms with Gasteiger partial charge in [-0.3, -0.25) is 0 Å². The van der Waals surface area contributed by atoms with Crippen LogP contribution in [-0.2, 0) is 4.74 Å². The number of aliphatic hydroxyl groups excluding tert-OH is 1. The van der Waals surface area contributed by atoms with Crippen LogP contribution in [0.25, 0.3) is 0 Å². The Bertz CT molecular complexity index is 406. The zero-order valence-electron chi connectivity index (χ0n) is 11.1. The van der Waals surface area contributed by atoms with E-state index in [2.05, 4.69) is 4.74 Å². The summed E-state index contributed by atoms with van der Waals surface area (Å²) in [5, 5.41) is 10.1. The van der Waals surface area contributed by atoms with Crippen molar-refractivity contribution in [2.24, 2.45) is 11.7 Å². The van der Waals surface area contributed by atoms with Crippen molar-refractivity contribution in [1.82, 2.24) is 0 Å². The third kappa shape index (κ3) is 3.31. The Kier molecular flexibility index (Phi) is 5.31. The molecule has 0 saturated carbocycles. The largest absolute Gasteiger partial charge is 0.465 e. The number of ether oxygens (including phenoxy) is 1. The fourth-order valence-corrected chi connectivity index (χ4v) is 1.78. The molecule has 1 rings (SSSR count). The summed E-state index contributed by atoms with van der Waals surface area (Å²) in [6, 6.07) is 6.39. The predicted octanol–water partition coefficient (Wildman–Crippen LogP) is 1.88. The van der Waals surface area contributed by atoms with Crippen molar-refractivity contribution in [3.63, 3.8) is 0 Å². The molecule has 100 valence electrons. The van der Waals surface area contributed by atoms with Gasteiger partial charge in [0.2, 0.25) is 0 Å². The Hall–Kier alpha value is -1.39. The molecular formula is C14H21NO3. The van der Waals surface area contributed by atoms with Gasteiger partial charge in [-0.15, -0.1) is 0 Å². The van der Waals surface area contributed by atoms with Gasteiger partial charge >= 0.3 is 5.97 Å². The third-order valence-corrected chi connectivity index (χ3v) is 3.29. The second kappa shape index (κ2) is 6.52. The monoisotopic (exact) mass is 251 g/mol. The standard InChI is InChI=1S/C14H21NO3/c1-4-9(2)13(16)12(15)10-6-5-7-11(8-10)14(17)18-3/h5-9,12-13,16H,4,15H2,1-3H3/t9?,12-,13+/m1/s1. The van der Waals surface area contributed by atoms with Crippen LogP contribution in [0.15, 0.2) is 24.3 Å². The lowest BCUT2D eigenvalue weighted by Gasteiger charge is -2.24. The molecule has 1 aromatic carbocycles. The number of carbonyl (C=O) groups excluding carboxylic acids is 1. The second-order valence-electron chi connectivity index (χ2n) is 4.52. The first-order valence-corrected chi connectivity index (χ1v) is 6.13. The molecule has 0 aliphatic heterocycles. The fraction of sp³-hybridized carbons (Fsp3) is 0.500. The highest BCUT2D eigenvalue weighted by Crippen LogP contribution is 2.22. The highest BCUT2D eigenvalue weighted by atomic mass is 16.5. The number of nitrogens with two attached hydrogens (primary N) is 1. The van der Waals surface area contributed by atoms with Gasteiger partial charge in [0.05, 0.1) is 24.8 Å². The number of benzene rings is 1. The van der Waals surface area contributed by atoms with Crippen molar-refractivity contribution in [2.75, 3.05) is 7.11 Å². The summed E-state index contributed by atoms with van der Waals surface area (Å²) in [6.07, 6.45) is 0.230. The molecule has 3 atom stereocenters. The number of hydrogen-bond acceptors (Lipinski definition) is 4. The Morgan fingerprint density at radius 3 is 2.72 bits per heavy atom. The minimum absolute atomic E-state index is 0.113. The van der Waals surface area contributed by atoms with E-state index in [1.807, 2.05) is 19.9 Å². The second-order valence-corrected chi connectivity index (χ2v) is 4.52. The van der Waals surface area contributed by atoms with Crippen molar-refractivity contribution in [1.29, 1.82) is 0 Å². The van der Waals surface area contributed by atoms with Crippen molar-refractivity contribution in [3.05, 3.63) is 35.4 Å². The molecule has 0 radical (unpaired) electrons. The van der Waals surface area contributed by atoms with Crippen LogP contribution in [0.3, 0.4) is 0 Å². The van der Waals surface area contributed by atoms with Crippen LogP contribution in [0, 0.1) is 5.92 Å². The minimum atomic E-state index is -0.622. The molecule has 0 aliphatic rings. The van der Waals surface area contributed by atoms with Gasteiger partial charge in [-0.1, -0.05) is 32.4 Å². The molecule has 3 N–H and O–H groups in total. The molecule has 0 spiro atoms. The maximum atomic E-state index is 11.4. The topological polar surface area (TPSA) is 72.5 Å². The lowest BCUT2D eigenvalue weighted by Crippen LogP contribution is -2.31. The van der Waals surface area contributed by atoms with Gasteiger partial charge in [0.25, 0.3) is 0 Å². The maximum Gasteiger partial charge on any atom is 0.337 e. The SMILES string of the molecule is CCC(C)[C@H](O)[C@H](N)c1cccc(C(=O)OC)c1. The Labute approximate surface area is 108 Å². The molecule has 0 amide bonds. The van der Waals surface area contributed by atoms with Crippen LogP contribution in [0.5, 0.6) is 0 Å². The van der Waals surface area contributed by atoms with Gasteiger partial charge in [0.1, 0.15) is 0 Å². The Morgan fingerprint density at radius 2 is 2.17 bits per heavy atom. The van der Waals surface area contributed by atoms with Crippen molar-refractivity contribution in [3.8, 4) is 0 Å². The summed E-state index contributed by atoms with van der Waals surface area (Å²) in [5.41, 5.74) is 7.21. The maximum absolute atomic E-state index is 11.4. The zero-order valence-corrected chi connectivity index (χ0v) is 11.1. The summed E-state index contributed by atoms with van der Waals surface area (Å²) in [6.45, 7) is 3.96. The van der Waals surface area contributed by atoms with Crippen LogP contribution in [-0.4, -0.2) is 24.3 Å². The summed E-state index contributed by atoms with van der Waals surface area (Å²) in [5.74, 6) is -0.288. The fourth-order valence-electron chi connectivity index (χ4n) is 1.78. The molecule has 0 heterocycles. The molecule has 0 aliphatic carbocycles. The molecule has 0 fully saturated rings. The van der Waals surface area contributed by atoms with Gasteiger partial charge < -0.3 is 15.6 Å². The smallest absolute Gasteiger partial charge is 0.337 e. The summed E-state index contributed by atoms with van der Waals surface area (Å²) in [7, 11) is 1.34. The Balaban J connectivity index is 2.92. The van der Waals surface area contributed by atoms with E-state index in [-0.39, 0.29) is 5.92 Å². The van der Waals surface area contributed by atoms with Gasteiger partial charge in [-0.2, -0.15) is 0 Å². The molecule has 0 aromatic heterocycles. The van der Waals surface area contributed by atoms with E-state index < -0.39 is 18.1 Å². The number of hydrogen-bond donors (Lipinski definition) is 2. The van der Waals surface area contributed by atoms with E-state index in [0.717, 1.165) is 12.0 Å². The first-order chi connectivity index (χ1) is 8.51. The highest BCUT2D eigenvalue weighted by molar-refractivity contribution is 5.89. The summed E-state index contributed by atoms with van der Waals surface area (Å²) < 4.78 is 4.66. The van der Waals surface area contributed by atoms with Crippen molar-refractivity contribution in [2.45, 2.75) is 32.4 Å². The lowest BCUT2D eigenvalue weighted by atomic mass is 9.91. The summed E-state index contributed by atoms with van der Waals surface area (Å²) in [4.78, 5) is 11.4. The molecule has 1 unspecified atom stereocenters. The average molecular weight is 251 g/mol. The molecule has 1 aromatic rings. The number of carbonyl (C=O) groups is 1. The minimum Gasteiger partial charge on any atom is -0.465 e. The van der Waals surface area contributed by atoms with Crippen LogP contribution in [0.1, 0.15) is 42.2 Å². The molecule has 0 saturated heterocycles. The van der Waals surface area contributed by atoms with Gasteiger partial charge in [0.15, 0.2) is 0 Å². The number of esters is 1. The normalized spacial score (nSPS) is 15.8. The quantitative estimate of drug-likeness (QED) is 0.784. The van der Waals surface area contributed by atoms with Crippen LogP contribution >= 0.6 is 0 Å². The van der Waals surface area contributed by atoms with Crippen LogP contribution < -0.4 is 5.73 Å². The van der Waals surface area contributed by atoms with E-state index >= 15 is 0 Å². The van der Waals surface area contributed by atoms with Gasteiger partial charge in [-0.25, -0.2) is 4.79 Å². The van der Waals surface area contributed by atoms with Crippen LogP contribution in [0.4, 0.5) is 0 Å². The van der Waals surface area contributed by atoms with E-state index in [1.54, 1.807) is 18.2 Å². The average Bonchev–Trinajstić information content (AvgIpc) is 2.43. The Morgan fingerprint density at radius 1 is 1.50 bits per heavy atom. The number of aliphatic hydroxyl groups is 1. The first-order valence-electron chi connectivity index (χ1n) is 6.13. The summed E-state index contributed by atoms with van der Waals surface area (Å²) >= 11 is 0. The lowest BCUT2D eigenvalue weighted by molar-refractivity contribution is 0.0599. The molecule has 0 bridgehead atoms.